The van der Waals surface area contributed by atoms with Gasteiger partial charge in [0, 0.05) is 19.4 Å². The predicted octanol–water partition coefficient (Wildman–Crippen LogP) is -1.60. The largest absolute Gasteiger partial charge is 0.394 e. The van der Waals surface area contributed by atoms with Crippen molar-refractivity contribution < 1.29 is 24.5 Å². The average Bonchev–Trinajstić information content (AvgIpc) is 2.59. The summed E-state index contributed by atoms with van der Waals surface area (Å²) >= 11 is 0. The molecule has 0 aromatic rings. The molecule has 3 atom stereocenters. The molecule has 0 radical (unpaired) electrons. The number of hydrogen-bond donors (Lipinski definition) is 3. The lowest BCUT2D eigenvalue weighted by Gasteiger charge is -2.31. The van der Waals surface area contributed by atoms with Gasteiger partial charge in [-0.2, -0.15) is 0 Å². The van der Waals surface area contributed by atoms with E-state index in [4.69, 9.17) is 9.84 Å². The minimum absolute atomic E-state index is 0.228. The van der Waals surface area contributed by atoms with Crippen molar-refractivity contribution in [1.29, 1.82) is 0 Å². The van der Waals surface area contributed by atoms with E-state index in [1.165, 1.54) is 4.90 Å². The molecule has 2 fully saturated rings. The van der Waals surface area contributed by atoms with E-state index in [0.29, 0.717) is 0 Å². The number of urea groups is 1. The van der Waals surface area contributed by atoms with Gasteiger partial charge >= 0.3 is 6.03 Å². The molecule has 2 saturated heterocycles. The molecule has 7 nitrogen and oxygen atoms in total. The summed E-state index contributed by atoms with van der Waals surface area (Å²) in [5.74, 6) is -0.307. The standard InChI is InChI=1S/C9H14N2O5/c12-4-6-5(13)3-8(16-6)11-2-1-7(14)10-9(11)15/h5-6,8,12-13H,1-4H2,(H,10,14,15)/t5-,6+,8-/m0/s1. The van der Waals surface area contributed by atoms with E-state index in [-0.39, 0.29) is 31.9 Å². The van der Waals surface area contributed by atoms with Crippen LogP contribution in [0.15, 0.2) is 0 Å². The van der Waals surface area contributed by atoms with Crippen molar-refractivity contribution in [2.75, 3.05) is 13.2 Å². The van der Waals surface area contributed by atoms with Crippen LogP contribution in [-0.2, 0) is 9.53 Å². The van der Waals surface area contributed by atoms with Crippen molar-refractivity contribution in [2.45, 2.75) is 31.3 Å². The fourth-order valence-corrected chi connectivity index (χ4v) is 1.92. The van der Waals surface area contributed by atoms with Crippen LogP contribution in [0, 0.1) is 0 Å². The van der Waals surface area contributed by atoms with Gasteiger partial charge in [-0.3, -0.25) is 15.0 Å². The highest BCUT2D eigenvalue weighted by molar-refractivity contribution is 5.96. The number of hydrogen-bond acceptors (Lipinski definition) is 5. The van der Waals surface area contributed by atoms with Gasteiger partial charge in [0.25, 0.3) is 0 Å². The molecule has 0 spiro atoms. The first-order valence-electron chi connectivity index (χ1n) is 5.16. The Morgan fingerprint density at radius 2 is 2.25 bits per heavy atom. The van der Waals surface area contributed by atoms with Crippen LogP contribution < -0.4 is 5.32 Å². The van der Waals surface area contributed by atoms with Crippen LogP contribution >= 0.6 is 0 Å². The van der Waals surface area contributed by atoms with E-state index in [9.17, 15) is 14.7 Å². The Bertz CT molecular complexity index is 308. The number of carbonyl (C=O) groups excluding carboxylic acids is 2. The summed E-state index contributed by atoms with van der Waals surface area (Å²) in [6.45, 7) is -0.00768. The quantitative estimate of drug-likeness (QED) is 0.530. The molecule has 0 unspecified atom stereocenters. The van der Waals surface area contributed by atoms with Gasteiger partial charge in [-0.15, -0.1) is 0 Å². The Morgan fingerprint density at radius 3 is 2.81 bits per heavy atom. The van der Waals surface area contributed by atoms with Crippen LogP contribution in [0.2, 0.25) is 0 Å². The summed E-state index contributed by atoms with van der Waals surface area (Å²) in [6, 6.07) is -0.507. The first-order chi connectivity index (χ1) is 7.61. The van der Waals surface area contributed by atoms with Crippen LogP contribution in [0.25, 0.3) is 0 Å². The molecule has 16 heavy (non-hydrogen) atoms. The van der Waals surface area contributed by atoms with Crippen molar-refractivity contribution in [3.05, 3.63) is 0 Å². The lowest BCUT2D eigenvalue weighted by molar-refractivity contribution is -0.123. The second-order valence-electron chi connectivity index (χ2n) is 3.91. The summed E-state index contributed by atoms with van der Waals surface area (Å²) in [5.41, 5.74) is 0. The Morgan fingerprint density at radius 1 is 1.50 bits per heavy atom. The van der Waals surface area contributed by atoms with Crippen molar-refractivity contribution in [3.8, 4) is 0 Å². The first-order valence-corrected chi connectivity index (χ1v) is 5.16. The SMILES string of the molecule is O=C1CCN([C@@H]2C[C@H](O)[C@@H](CO)O2)C(=O)N1. The maximum absolute atomic E-state index is 11.5. The van der Waals surface area contributed by atoms with Crippen molar-refractivity contribution in [1.82, 2.24) is 10.2 Å². The van der Waals surface area contributed by atoms with Gasteiger partial charge in [-0.25, -0.2) is 4.79 Å². The van der Waals surface area contributed by atoms with Gasteiger partial charge < -0.3 is 14.9 Å². The van der Waals surface area contributed by atoms with Crippen LogP contribution in [0.5, 0.6) is 0 Å². The summed E-state index contributed by atoms with van der Waals surface area (Å²) in [7, 11) is 0. The second kappa shape index (κ2) is 4.36. The Hall–Kier alpha value is -1.18. The highest BCUT2D eigenvalue weighted by Gasteiger charge is 2.40. The monoisotopic (exact) mass is 230 g/mol. The molecule has 3 amide bonds. The molecule has 2 rings (SSSR count). The Labute approximate surface area is 92.0 Å². The maximum Gasteiger partial charge on any atom is 0.326 e. The minimum atomic E-state index is -0.777. The van der Waals surface area contributed by atoms with Gasteiger partial charge in [0.15, 0.2) is 0 Å². The molecule has 7 heteroatoms. The lowest BCUT2D eigenvalue weighted by Crippen LogP contribution is -2.53. The molecule has 2 aliphatic rings. The summed E-state index contributed by atoms with van der Waals surface area (Å²) < 4.78 is 5.32. The molecule has 2 aliphatic heterocycles. The summed E-state index contributed by atoms with van der Waals surface area (Å²) in [4.78, 5) is 23.8. The number of imide groups is 1. The molecule has 3 N–H and O–H groups in total. The first kappa shape index (κ1) is 11.3. The predicted molar refractivity (Wildman–Crippen MR) is 51.2 cm³/mol. The third kappa shape index (κ3) is 2.01. The number of amides is 3. The number of carbonyl (C=O) groups is 2. The number of ether oxygens (including phenoxy) is 1. The topological polar surface area (TPSA) is 99.1 Å². The highest BCUT2D eigenvalue weighted by Crippen LogP contribution is 2.24. The van der Waals surface area contributed by atoms with Gasteiger partial charge in [0.05, 0.1) is 12.7 Å². The molecular formula is C9H14N2O5. The fourth-order valence-electron chi connectivity index (χ4n) is 1.92. The number of rotatable bonds is 2. The Kier molecular flexibility index (Phi) is 3.08. The van der Waals surface area contributed by atoms with E-state index < -0.39 is 24.5 Å². The Balaban J connectivity index is 1.98. The zero-order valence-electron chi connectivity index (χ0n) is 8.63. The summed E-state index contributed by atoms with van der Waals surface area (Å²) in [5, 5.41) is 20.6. The zero-order chi connectivity index (χ0) is 11.7. The van der Waals surface area contributed by atoms with Gasteiger partial charge in [-0.1, -0.05) is 0 Å². The van der Waals surface area contributed by atoms with Crippen LogP contribution in [0.1, 0.15) is 12.8 Å². The van der Waals surface area contributed by atoms with Gasteiger partial charge in [0.2, 0.25) is 5.91 Å². The summed E-state index contributed by atoms with van der Waals surface area (Å²) in [6.07, 6.45) is -1.52. The molecule has 2 heterocycles. The van der Waals surface area contributed by atoms with Crippen molar-refractivity contribution >= 4 is 11.9 Å². The number of aliphatic hydroxyl groups excluding tert-OH is 2. The van der Waals surface area contributed by atoms with Crippen LogP contribution in [0.3, 0.4) is 0 Å². The average molecular weight is 230 g/mol. The number of nitrogens with one attached hydrogen (secondary N) is 1. The molecule has 0 aromatic heterocycles. The normalized spacial score (nSPS) is 35.4. The van der Waals surface area contributed by atoms with Gasteiger partial charge in [-0.05, 0) is 0 Å². The van der Waals surface area contributed by atoms with Crippen molar-refractivity contribution in [2.24, 2.45) is 0 Å². The number of aliphatic hydroxyl groups is 2. The van der Waals surface area contributed by atoms with E-state index in [1.807, 2.05) is 0 Å². The van der Waals surface area contributed by atoms with Crippen LogP contribution in [0.4, 0.5) is 4.79 Å². The third-order valence-electron chi connectivity index (χ3n) is 2.82. The zero-order valence-corrected chi connectivity index (χ0v) is 8.63. The number of nitrogens with zero attached hydrogens (tertiary/aromatic N) is 1. The third-order valence-corrected chi connectivity index (χ3v) is 2.82. The second-order valence-corrected chi connectivity index (χ2v) is 3.91. The van der Waals surface area contributed by atoms with E-state index in [2.05, 4.69) is 5.32 Å². The molecule has 90 valence electrons. The van der Waals surface area contributed by atoms with E-state index >= 15 is 0 Å². The molecule has 0 saturated carbocycles. The molecular weight excluding hydrogens is 216 g/mol. The van der Waals surface area contributed by atoms with E-state index in [1.54, 1.807) is 0 Å². The highest BCUT2D eigenvalue weighted by atomic mass is 16.5. The van der Waals surface area contributed by atoms with Crippen molar-refractivity contribution in [3.63, 3.8) is 0 Å². The molecule has 0 bridgehead atoms. The molecule has 0 aromatic carbocycles. The maximum atomic E-state index is 11.5. The fraction of sp³-hybridized carbons (Fsp3) is 0.778. The lowest BCUT2D eigenvalue weighted by atomic mass is 10.2. The smallest absolute Gasteiger partial charge is 0.326 e. The van der Waals surface area contributed by atoms with E-state index in [0.717, 1.165) is 0 Å². The molecule has 0 aliphatic carbocycles. The minimum Gasteiger partial charge on any atom is -0.394 e. The van der Waals surface area contributed by atoms with Crippen LogP contribution in [-0.4, -0.2) is 58.6 Å². The van der Waals surface area contributed by atoms with Gasteiger partial charge in [0.1, 0.15) is 12.3 Å².